The van der Waals surface area contributed by atoms with Gasteiger partial charge >= 0.3 is 0 Å². The topological polar surface area (TPSA) is 108 Å². The summed E-state index contributed by atoms with van der Waals surface area (Å²) in [6, 6.07) is 11.1. The minimum Gasteiger partial charge on any atom is -0.598 e. The van der Waals surface area contributed by atoms with Crippen LogP contribution in [0.4, 0.5) is 4.39 Å². The quantitative estimate of drug-likeness (QED) is 0.251. The van der Waals surface area contributed by atoms with Crippen LogP contribution in [0.3, 0.4) is 0 Å². The average molecular weight is 573 g/mol. The van der Waals surface area contributed by atoms with Crippen LogP contribution in [0.1, 0.15) is 72.6 Å². The Labute approximate surface area is 231 Å². The lowest BCUT2D eigenvalue weighted by Gasteiger charge is -2.22. The molecule has 0 unspecified atom stereocenters. The fourth-order valence-corrected chi connectivity index (χ4v) is 7.38. The van der Waals surface area contributed by atoms with Crippen molar-refractivity contribution in [3.05, 3.63) is 93.2 Å². The van der Waals surface area contributed by atoms with Gasteiger partial charge in [0.1, 0.15) is 11.6 Å². The Morgan fingerprint density at radius 1 is 1.15 bits per heavy atom. The highest BCUT2D eigenvalue weighted by molar-refractivity contribution is 7.91. The molecule has 1 heterocycles. The first-order valence-electron chi connectivity index (χ1n) is 13.0. The Hall–Kier alpha value is -2.79. The molecule has 1 aliphatic carbocycles. The molecule has 3 aromatic rings. The first-order chi connectivity index (χ1) is 18.5. The number of benzene rings is 2. The van der Waals surface area contributed by atoms with Crippen LogP contribution in [-0.4, -0.2) is 34.3 Å². The number of hydrogen-bond acceptors (Lipinski definition) is 6. The molecule has 4 rings (SSSR count). The van der Waals surface area contributed by atoms with E-state index in [1.807, 2.05) is 6.92 Å². The van der Waals surface area contributed by atoms with Crippen LogP contribution in [0.15, 0.2) is 59.5 Å². The van der Waals surface area contributed by atoms with Gasteiger partial charge in [-0.25, -0.2) is 12.8 Å². The Morgan fingerprint density at radius 3 is 2.49 bits per heavy atom. The molecule has 1 N–H and O–H groups in total. The number of hydrogen-bond donors (Lipinski definition) is 1. The van der Waals surface area contributed by atoms with Crippen molar-refractivity contribution in [3.8, 4) is 11.1 Å². The summed E-state index contributed by atoms with van der Waals surface area (Å²) in [4.78, 5) is 26.3. The van der Waals surface area contributed by atoms with E-state index < -0.39 is 33.1 Å². The number of aryl methyl sites for hydroxylation is 1. The van der Waals surface area contributed by atoms with Gasteiger partial charge in [-0.3, -0.25) is 9.59 Å². The van der Waals surface area contributed by atoms with Crippen LogP contribution >= 0.6 is 0 Å². The van der Waals surface area contributed by atoms with Gasteiger partial charge in [0.15, 0.2) is 15.6 Å². The lowest BCUT2D eigenvalue weighted by Crippen LogP contribution is -2.30. The van der Waals surface area contributed by atoms with Gasteiger partial charge < -0.3 is 9.12 Å². The maximum atomic E-state index is 13.6. The number of sulfone groups is 1. The van der Waals surface area contributed by atoms with Gasteiger partial charge in [0, 0.05) is 47.4 Å². The predicted octanol–water partition coefficient (Wildman–Crippen LogP) is 4.61. The third kappa shape index (κ3) is 7.05. The molecule has 0 bridgehead atoms. The molecule has 0 radical (unpaired) electrons. The normalized spacial score (nSPS) is 15.2. The molecule has 0 saturated heterocycles. The van der Waals surface area contributed by atoms with E-state index in [2.05, 4.69) is 4.72 Å². The minimum absolute atomic E-state index is 0.161. The largest absolute Gasteiger partial charge is 0.598 e. The lowest BCUT2D eigenvalue weighted by molar-refractivity contribution is 0.103. The zero-order valence-electron chi connectivity index (χ0n) is 22.3. The van der Waals surface area contributed by atoms with E-state index in [0.29, 0.717) is 40.8 Å². The highest BCUT2D eigenvalue weighted by Crippen LogP contribution is 2.35. The summed E-state index contributed by atoms with van der Waals surface area (Å²) < 4.78 is 56.2. The monoisotopic (exact) mass is 572 g/mol. The van der Waals surface area contributed by atoms with Crippen molar-refractivity contribution >= 4 is 27.0 Å². The minimum atomic E-state index is -3.33. The van der Waals surface area contributed by atoms with E-state index in [0.717, 1.165) is 12.8 Å². The highest BCUT2D eigenvalue weighted by atomic mass is 32.2. The summed E-state index contributed by atoms with van der Waals surface area (Å²) in [5.74, 6) is -0.535. The van der Waals surface area contributed by atoms with E-state index in [9.17, 15) is 27.0 Å². The third-order valence-electron chi connectivity index (χ3n) is 6.84. The van der Waals surface area contributed by atoms with Crippen molar-refractivity contribution in [2.45, 2.75) is 56.6 Å². The number of rotatable bonds is 12. The van der Waals surface area contributed by atoms with Crippen molar-refractivity contribution in [3.63, 3.8) is 0 Å². The molecule has 0 amide bonds. The van der Waals surface area contributed by atoms with Crippen LogP contribution in [0.25, 0.3) is 11.1 Å². The SMILES string of the molecule is CCCC[S@+]([O-])N[C@@H](C)c1cc(=O)n(C)cc1-c1cc(CS(=O)(=O)C2CC2)ccc1C(=O)c1ccc(F)cc1. The summed E-state index contributed by atoms with van der Waals surface area (Å²) in [6.45, 7) is 3.81. The summed E-state index contributed by atoms with van der Waals surface area (Å²) in [7, 11) is -1.74. The second-order valence-electron chi connectivity index (χ2n) is 10.1. The molecule has 1 aromatic heterocycles. The molecule has 208 valence electrons. The van der Waals surface area contributed by atoms with Crippen LogP contribution in [-0.2, 0) is 34.0 Å². The summed E-state index contributed by atoms with van der Waals surface area (Å²) in [5.41, 5.74) is 2.34. The Kier molecular flexibility index (Phi) is 9.10. The Morgan fingerprint density at radius 2 is 1.85 bits per heavy atom. The predicted molar refractivity (Wildman–Crippen MR) is 152 cm³/mol. The van der Waals surface area contributed by atoms with Crippen molar-refractivity contribution in [2.75, 3.05) is 5.75 Å². The first-order valence-corrected chi connectivity index (χ1v) is 16.0. The van der Waals surface area contributed by atoms with Crippen LogP contribution in [0, 0.1) is 5.82 Å². The van der Waals surface area contributed by atoms with Gasteiger partial charge in [-0.05, 0) is 73.2 Å². The molecule has 2 aromatic carbocycles. The molecule has 10 heteroatoms. The molecular weight excluding hydrogens is 539 g/mol. The molecule has 1 aliphatic rings. The zero-order chi connectivity index (χ0) is 28.3. The molecule has 1 fully saturated rings. The first kappa shape index (κ1) is 29.2. The number of ketones is 1. The van der Waals surface area contributed by atoms with Crippen molar-refractivity contribution in [1.29, 1.82) is 0 Å². The van der Waals surface area contributed by atoms with Gasteiger partial charge in [-0.15, -0.1) is 4.72 Å². The zero-order valence-corrected chi connectivity index (χ0v) is 23.9. The van der Waals surface area contributed by atoms with Crippen LogP contribution in [0.2, 0.25) is 0 Å². The molecule has 1 saturated carbocycles. The number of unbranched alkanes of at least 4 members (excludes halogenated alkanes) is 1. The van der Waals surface area contributed by atoms with Gasteiger partial charge in [0.25, 0.3) is 5.56 Å². The molecule has 2 atom stereocenters. The fourth-order valence-electron chi connectivity index (χ4n) is 4.46. The maximum Gasteiger partial charge on any atom is 0.250 e. The van der Waals surface area contributed by atoms with Gasteiger partial charge in [-0.1, -0.05) is 25.5 Å². The Bertz CT molecular complexity index is 1520. The van der Waals surface area contributed by atoms with Gasteiger partial charge in [-0.2, -0.15) is 0 Å². The fraction of sp³-hybridized carbons (Fsp3) is 0.379. The summed E-state index contributed by atoms with van der Waals surface area (Å²) >= 11 is -1.33. The third-order valence-corrected chi connectivity index (χ3v) is 10.3. The molecule has 0 spiro atoms. The maximum absolute atomic E-state index is 13.6. The number of pyridine rings is 1. The second kappa shape index (κ2) is 12.2. The van der Waals surface area contributed by atoms with E-state index in [4.69, 9.17) is 0 Å². The van der Waals surface area contributed by atoms with Crippen molar-refractivity contribution in [1.82, 2.24) is 9.29 Å². The van der Waals surface area contributed by atoms with Gasteiger partial charge in [0.05, 0.1) is 17.0 Å². The smallest absolute Gasteiger partial charge is 0.250 e. The Balaban J connectivity index is 1.85. The number of aromatic nitrogens is 1. The lowest BCUT2D eigenvalue weighted by atomic mass is 9.89. The summed E-state index contributed by atoms with van der Waals surface area (Å²) in [6.07, 6.45) is 4.59. The van der Waals surface area contributed by atoms with E-state index >= 15 is 0 Å². The van der Waals surface area contributed by atoms with Crippen molar-refractivity contribution < 1.29 is 22.2 Å². The standard InChI is InChI=1S/C29H33FN2O5S2/c1-4-5-14-38(35)31-19(2)25-16-28(33)32(3)17-27(25)26-15-20(18-39(36,37)23-11-12-23)6-13-24(26)29(34)21-7-9-22(30)10-8-21/h6-10,13,15-17,19,23,31H,4-5,11-12,14,18H2,1-3H3/t19-,38-/m0/s1. The van der Waals surface area contributed by atoms with Gasteiger partial charge in [0.2, 0.25) is 0 Å². The molecule has 7 nitrogen and oxygen atoms in total. The highest BCUT2D eigenvalue weighted by Gasteiger charge is 2.35. The number of nitrogens with zero attached hydrogens (tertiary/aromatic N) is 1. The van der Waals surface area contributed by atoms with E-state index in [1.54, 1.807) is 38.4 Å². The van der Waals surface area contributed by atoms with Crippen molar-refractivity contribution in [2.24, 2.45) is 7.05 Å². The molecular formula is C29H33FN2O5S2. The number of carbonyl (C=O) groups excluding carboxylic acids is 1. The van der Waals surface area contributed by atoms with E-state index in [-0.39, 0.29) is 33.5 Å². The number of carbonyl (C=O) groups is 1. The van der Waals surface area contributed by atoms with Crippen LogP contribution in [0.5, 0.6) is 0 Å². The van der Waals surface area contributed by atoms with E-state index in [1.165, 1.54) is 34.9 Å². The van der Waals surface area contributed by atoms with Crippen LogP contribution < -0.4 is 10.3 Å². The second-order valence-corrected chi connectivity index (χ2v) is 13.7. The number of nitrogens with one attached hydrogen (secondary N) is 1. The molecule has 39 heavy (non-hydrogen) atoms. The average Bonchev–Trinajstić information content (AvgIpc) is 3.75. The molecule has 0 aliphatic heterocycles. The summed E-state index contributed by atoms with van der Waals surface area (Å²) in [5, 5.41) is -0.336. The number of halogens is 1.